The fraction of sp³-hybridized carbons (Fsp3) is 0.682. The van der Waals surface area contributed by atoms with Crippen LogP contribution in [0.3, 0.4) is 0 Å². The number of hydrogen-bond donors (Lipinski definition) is 2. The number of aliphatic imine (C=N–C) groups is 1. The van der Waals surface area contributed by atoms with Crippen molar-refractivity contribution in [3.63, 3.8) is 0 Å². The first kappa shape index (κ1) is 20.0. The first-order valence-electron chi connectivity index (χ1n) is 10.3. The van der Waals surface area contributed by atoms with E-state index in [1.807, 2.05) is 6.07 Å². The molecular weight excluding hydrogens is 338 g/mol. The van der Waals surface area contributed by atoms with Crippen LogP contribution in [0.5, 0.6) is 5.75 Å². The van der Waals surface area contributed by atoms with Gasteiger partial charge < -0.3 is 20.1 Å². The maximum absolute atomic E-state index is 6.16. The lowest BCUT2D eigenvalue weighted by Crippen LogP contribution is -2.46. The van der Waals surface area contributed by atoms with Crippen LogP contribution in [0.15, 0.2) is 29.3 Å². The van der Waals surface area contributed by atoms with Gasteiger partial charge in [-0.05, 0) is 51.5 Å². The Kier molecular flexibility index (Phi) is 6.30. The topological polar surface area (TPSA) is 54.9 Å². The molecule has 1 heterocycles. The van der Waals surface area contributed by atoms with E-state index in [0.717, 1.165) is 44.2 Å². The minimum Gasteiger partial charge on any atom is -0.487 e. The van der Waals surface area contributed by atoms with E-state index in [1.165, 1.54) is 24.8 Å². The van der Waals surface area contributed by atoms with Crippen molar-refractivity contribution >= 4 is 5.96 Å². The maximum atomic E-state index is 6.16. The van der Waals surface area contributed by atoms with Crippen LogP contribution in [0.1, 0.15) is 64.5 Å². The first-order valence-corrected chi connectivity index (χ1v) is 10.3. The molecule has 0 saturated heterocycles. The Morgan fingerprint density at radius 1 is 1.30 bits per heavy atom. The number of ether oxygens (including phenoxy) is 2. The molecule has 1 unspecified atom stereocenters. The zero-order valence-corrected chi connectivity index (χ0v) is 17.3. The van der Waals surface area contributed by atoms with Gasteiger partial charge in [0.15, 0.2) is 5.96 Å². The van der Waals surface area contributed by atoms with Crippen molar-refractivity contribution < 1.29 is 9.47 Å². The quantitative estimate of drug-likeness (QED) is 0.559. The molecule has 1 saturated carbocycles. The van der Waals surface area contributed by atoms with Crippen molar-refractivity contribution in [1.29, 1.82) is 0 Å². The summed E-state index contributed by atoms with van der Waals surface area (Å²) in [5.41, 5.74) is 1.34. The second-order valence-corrected chi connectivity index (χ2v) is 8.59. The molecule has 1 atom stereocenters. The minimum absolute atomic E-state index is 0.194. The summed E-state index contributed by atoms with van der Waals surface area (Å²) in [4.78, 5) is 4.97. The van der Waals surface area contributed by atoms with E-state index in [1.54, 1.807) is 7.11 Å². The van der Waals surface area contributed by atoms with Crippen molar-refractivity contribution in [3.8, 4) is 5.75 Å². The van der Waals surface area contributed by atoms with E-state index >= 15 is 0 Å². The Bertz CT molecular complexity index is 653. The van der Waals surface area contributed by atoms with Gasteiger partial charge in [0.05, 0.1) is 6.04 Å². The number of benzene rings is 1. The van der Waals surface area contributed by atoms with Gasteiger partial charge in [0.25, 0.3) is 0 Å². The fourth-order valence-corrected chi connectivity index (χ4v) is 4.15. The van der Waals surface area contributed by atoms with Gasteiger partial charge in [0.2, 0.25) is 0 Å². The summed E-state index contributed by atoms with van der Waals surface area (Å²) in [6.07, 6.45) is 5.83. The molecule has 1 aromatic carbocycles. The van der Waals surface area contributed by atoms with Gasteiger partial charge in [-0.2, -0.15) is 0 Å². The maximum Gasteiger partial charge on any atom is 0.191 e. The number of nitrogens with zero attached hydrogens (tertiary/aromatic N) is 1. The van der Waals surface area contributed by atoms with Crippen molar-refractivity contribution in [2.45, 2.75) is 64.5 Å². The van der Waals surface area contributed by atoms with E-state index in [2.05, 4.69) is 49.6 Å². The van der Waals surface area contributed by atoms with Crippen molar-refractivity contribution in [2.75, 3.05) is 26.8 Å². The normalized spacial score (nSPS) is 23.0. The lowest BCUT2D eigenvalue weighted by molar-refractivity contribution is 0.0689. The third kappa shape index (κ3) is 4.95. The number of guanidine groups is 1. The Labute approximate surface area is 163 Å². The van der Waals surface area contributed by atoms with E-state index in [4.69, 9.17) is 14.5 Å². The van der Waals surface area contributed by atoms with Gasteiger partial charge in [0.1, 0.15) is 11.4 Å². The monoisotopic (exact) mass is 373 g/mol. The van der Waals surface area contributed by atoms with Crippen LogP contribution in [-0.4, -0.2) is 38.4 Å². The Morgan fingerprint density at radius 2 is 2.07 bits per heavy atom. The molecule has 1 fully saturated rings. The first-order chi connectivity index (χ1) is 13.0. The van der Waals surface area contributed by atoms with Gasteiger partial charge in [-0.15, -0.1) is 0 Å². The molecular formula is C22H35N3O2. The van der Waals surface area contributed by atoms with Gasteiger partial charge in [-0.1, -0.05) is 24.6 Å². The minimum atomic E-state index is -0.197. The lowest BCUT2D eigenvalue weighted by atomic mass is 9.67. The number of rotatable bonds is 7. The molecule has 150 valence electrons. The average molecular weight is 374 g/mol. The van der Waals surface area contributed by atoms with Crippen LogP contribution in [0.4, 0.5) is 0 Å². The highest BCUT2D eigenvalue weighted by Gasteiger charge is 2.37. The fourth-order valence-electron chi connectivity index (χ4n) is 4.15. The van der Waals surface area contributed by atoms with E-state index in [-0.39, 0.29) is 11.6 Å². The van der Waals surface area contributed by atoms with E-state index in [9.17, 15) is 0 Å². The second-order valence-electron chi connectivity index (χ2n) is 8.59. The molecule has 0 spiro atoms. The number of fused-ring (bicyclic) bond motifs is 1. The zero-order chi connectivity index (χ0) is 19.3. The summed E-state index contributed by atoms with van der Waals surface area (Å²) < 4.78 is 11.5. The Balaban J connectivity index is 1.74. The van der Waals surface area contributed by atoms with Gasteiger partial charge in [0, 0.05) is 38.8 Å². The van der Waals surface area contributed by atoms with E-state index in [0.29, 0.717) is 5.41 Å². The number of nitrogens with one attached hydrogen (secondary N) is 2. The Morgan fingerprint density at radius 3 is 2.74 bits per heavy atom. The van der Waals surface area contributed by atoms with Crippen LogP contribution in [0.25, 0.3) is 0 Å². The molecule has 0 bridgehead atoms. The predicted octanol–water partition coefficient (Wildman–Crippen LogP) is 4.05. The third-order valence-electron chi connectivity index (χ3n) is 5.85. The largest absolute Gasteiger partial charge is 0.487 e. The van der Waals surface area contributed by atoms with Crippen molar-refractivity contribution in [2.24, 2.45) is 10.4 Å². The van der Waals surface area contributed by atoms with Crippen LogP contribution in [0.2, 0.25) is 0 Å². The molecule has 0 radical (unpaired) electrons. The molecule has 27 heavy (non-hydrogen) atoms. The van der Waals surface area contributed by atoms with Crippen molar-refractivity contribution in [3.05, 3.63) is 29.8 Å². The van der Waals surface area contributed by atoms with Gasteiger partial charge >= 0.3 is 0 Å². The molecule has 3 rings (SSSR count). The second kappa shape index (κ2) is 8.51. The average Bonchev–Trinajstić information content (AvgIpc) is 2.59. The Hall–Kier alpha value is -1.75. The molecule has 5 heteroatoms. The molecule has 1 aromatic rings. The van der Waals surface area contributed by atoms with Crippen LogP contribution in [-0.2, 0) is 4.74 Å². The lowest BCUT2D eigenvalue weighted by Gasteiger charge is -2.41. The summed E-state index contributed by atoms with van der Waals surface area (Å²) >= 11 is 0. The standard InChI is InChI=1S/C22H35N3O2/c1-5-23-20(24-16-22(11-8-12-22)13-14-26-4)25-18-15-21(2,3)27-19-10-7-6-9-17(18)19/h6-7,9-10,18H,5,8,11-16H2,1-4H3,(H2,23,24,25). The van der Waals surface area contributed by atoms with Crippen LogP contribution >= 0.6 is 0 Å². The zero-order valence-electron chi connectivity index (χ0n) is 17.3. The highest BCUT2D eigenvalue weighted by molar-refractivity contribution is 5.80. The molecule has 2 aliphatic rings. The third-order valence-corrected chi connectivity index (χ3v) is 5.85. The molecule has 1 aliphatic heterocycles. The van der Waals surface area contributed by atoms with Crippen molar-refractivity contribution in [1.82, 2.24) is 10.6 Å². The van der Waals surface area contributed by atoms with Gasteiger partial charge in [-0.3, -0.25) is 4.99 Å². The summed E-state index contributed by atoms with van der Waals surface area (Å²) in [5.74, 6) is 1.87. The number of methoxy groups -OCH3 is 1. The highest BCUT2D eigenvalue weighted by atomic mass is 16.5. The summed E-state index contributed by atoms with van der Waals surface area (Å²) in [5, 5.41) is 7.10. The van der Waals surface area contributed by atoms with E-state index < -0.39 is 0 Å². The SMILES string of the molecule is CCNC(=NCC1(CCOC)CCC1)NC1CC(C)(C)Oc2ccccc21. The number of hydrogen-bond acceptors (Lipinski definition) is 3. The predicted molar refractivity (Wildman–Crippen MR) is 110 cm³/mol. The summed E-state index contributed by atoms with van der Waals surface area (Å²) in [6.45, 7) is 8.95. The highest BCUT2D eigenvalue weighted by Crippen LogP contribution is 2.44. The number of para-hydroxylation sites is 1. The van der Waals surface area contributed by atoms with Crippen LogP contribution in [0, 0.1) is 5.41 Å². The molecule has 0 aromatic heterocycles. The summed E-state index contributed by atoms with van der Waals surface area (Å²) in [6, 6.07) is 8.51. The molecule has 5 nitrogen and oxygen atoms in total. The molecule has 1 aliphatic carbocycles. The van der Waals surface area contributed by atoms with Gasteiger partial charge in [-0.25, -0.2) is 0 Å². The summed E-state index contributed by atoms with van der Waals surface area (Å²) in [7, 11) is 1.78. The molecule has 0 amide bonds. The van der Waals surface area contributed by atoms with Crippen LogP contribution < -0.4 is 15.4 Å². The molecule has 2 N–H and O–H groups in total. The smallest absolute Gasteiger partial charge is 0.191 e.